The van der Waals surface area contributed by atoms with Crippen LogP contribution in [0.1, 0.15) is 27.0 Å². The molecule has 0 N–H and O–H groups in total. The third-order valence-electron chi connectivity index (χ3n) is 4.41. The van der Waals surface area contributed by atoms with Crippen molar-refractivity contribution in [2.45, 2.75) is 26.6 Å². The predicted molar refractivity (Wildman–Crippen MR) is 95.5 cm³/mol. The highest BCUT2D eigenvalue weighted by Crippen LogP contribution is 2.33. The van der Waals surface area contributed by atoms with Crippen LogP contribution in [0.2, 0.25) is 0 Å². The van der Waals surface area contributed by atoms with Crippen molar-refractivity contribution >= 4 is 17.4 Å². The summed E-state index contributed by atoms with van der Waals surface area (Å²) >= 11 is 0. The maximum Gasteiger partial charge on any atom is 0.401 e. The molecule has 0 aliphatic carbocycles. The molecule has 2 aromatic rings. The molecule has 1 heterocycles. The second-order valence-corrected chi connectivity index (χ2v) is 6.77. The number of fused-ring (bicyclic) bond motifs is 1. The van der Waals surface area contributed by atoms with E-state index in [-0.39, 0.29) is 18.8 Å². The highest BCUT2D eigenvalue weighted by Gasteiger charge is 2.39. The maximum atomic E-state index is 13.1. The zero-order valence-corrected chi connectivity index (χ0v) is 15.0. The van der Waals surface area contributed by atoms with E-state index in [0.717, 1.165) is 15.4 Å². The number of rotatable bonds is 5. The van der Waals surface area contributed by atoms with Crippen molar-refractivity contribution in [1.29, 1.82) is 0 Å². The molecule has 142 valence electrons. The number of Topliss-reactive ketones (excluding diaryl/α,β-unsaturated/α-hetero) is 1. The SMILES string of the molecule is Cc1cc(C)c2c(c1)N(CN(Cc1ccccc1)CC(F)(F)F)C(=O)C2=O. The molecule has 4 nitrogen and oxygen atoms in total. The molecule has 0 atom stereocenters. The van der Waals surface area contributed by atoms with E-state index in [9.17, 15) is 22.8 Å². The minimum Gasteiger partial charge on any atom is -0.291 e. The Balaban J connectivity index is 1.92. The number of hydrogen-bond acceptors (Lipinski definition) is 3. The van der Waals surface area contributed by atoms with Crippen LogP contribution < -0.4 is 4.90 Å². The van der Waals surface area contributed by atoms with Crippen LogP contribution in [0.15, 0.2) is 42.5 Å². The van der Waals surface area contributed by atoms with E-state index in [0.29, 0.717) is 16.8 Å². The Morgan fingerprint density at radius 1 is 1.04 bits per heavy atom. The lowest BCUT2D eigenvalue weighted by Gasteiger charge is -2.29. The topological polar surface area (TPSA) is 40.6 Å². The first-order chi connectivity index (χ1) is 12.7. The van der Waals surface area contributed by atoms with Gasteiger partial charge in [0, 0.05) is 6.54 Å². The van der Waals surface area contributed by atoms with Gasteiger partial charge in [-0.15, -0.1) is 0 Å². The van der Waals surface area contributed by atoms with Crippen LogP contribution in [0, 0.1) is 13.8 Å². The lowest BCUT2D eigenvalue weighted by atomic mass is 10.0. The van der Waals surface area contributed by atoms with Crippen molar-refractivity contribution in [1.82, 2.24) is 4.90 Å². The predicted octanol–water partition coefficient (Wildman–Crippen LogP) is 3.85. The van der Waals surface area contributed by atoms with Crippen molar-refractivity contribution in [3.05, 3.63) is 64.7 Å². The molecule has 2 aromatic carbocycles. The van der Waals surface area contributed by atoms with Crippen LogP contribution >= 0.6 is 0 Å². The number of ketones is 1. The molecule has 0 spiro atoms. The molecular formula is C20H19F3N2O2. The number of hydrogen-bond donors (Lipinski definition) is 0. The molecule has 1 amide bonds. The Hall–Kier alpha value is -2.67. The molecule has 1 aliphatic heterocycles. The summed E-state index contributed by atoms with van der Waals surface area (Å²) in [5.41, 5.74) is 2.83. The third kappa shape index (κ3) is 4.19. The van der Waals surface area contributed by atoms with Crippen LogP contribution in [0.4, 0.5) is 18.9 Å². The van der Waals surface area contributed by atoms with Gasteiger partial charge in [-0.1, -0.05) is 36.4 Å². The fraction of sp³-hybridized carbons (Fsp3) is 0.300. The molecule has 0 saturated heterocycles. The van der Waals surface area contributed by atoms with Gasteiger partial charge in [0.25, 0.3) is 5.78 Å². The smallest absolute Gasteiger partial charge is 0.291 e. The number of amides is 1. The van der Waals surface area contributed by atoms with Gasteiger partial charge in [0.2, 0.25) is 0 Å². The summed E-state index contributed by atoms with van der Waals surface area (Å²) in [6.07, 6.45) is -4.42. The average Bonchev–Trinajstić information content (AvgIpc) is 2.79. The van der Waals surface area contributed by atoms with E-state index in [4.69, 9.17) is 0 Å². The van der Waals surface area contributed by atoms with Crippen molar-refractivity contribution in [3.8, 4) is 0 Å². The summed E-state index contributed by atoms with van der Waals surface area (Å²) in [7, 11) is 0. The van der Waals surface area contributed by atoms with Gasteiger partial charge in [-0.3, -0.25) is 19.4 Å². The standard InChI is InChI=1S/C20H19F3N2O2/c1-13-8-14(2)17-16(9-13)25(19(27)18(17)26)12-24(11-20(21,22)23)10-15-6-4-3-5-7-15/h3-9H,10-12H2,1-2H3. The average molecular weight is 376 g/mol. The van der Waals surface area contributed by atoms with Gasteiger partial charge in [0.05, 0.1) is 24.5 Å². The zero-order chi connectivity index (χ0) is 19.8. The molecule has 0 aromatic heterocycles. The van der Waals surface area contributed by atoms with E-state index in [1.54, 1.807) is 49.4 Å². The molecule has 1 aliphatic rings. The van der Waals surface area contributed by atoms with E-state index >= 15 is 0 Å². The summed E-state index contributed by atoms with van der Waals surface area (Å²) in [5, 5.41) is 0. The van der Waals surface area contributed by atoms with Gasteiger partial charge >= 0.3 is 12.1 Å². The van der Waals surface area contributed by atoms with Crippen LogP contribution in [0.5, 0.6) is 0 Å². The number of aryl methyl sites for hydroxylation is 2. The Morgan fingerprint density at radius 3 is 2.33 bits per heavy atom. The molecule has 7 heteroatoms. The first-order valence-corrected chi connectivity index (χ1v) is 8.46. The van der Waals surface area contributed by atoms with Gasteiger partial charge < -0.3 is 0 Å². The van der Waals surface area contributed by atoms with Gasteiger partial charge in [0.15, 0.2) is 0 Å². The highest BCUT2D eigenvalue weighted by atomic mass is 19.4. The summed E-state index contributed by atoms with van der Waals surface area (Å²) in [4.78, 5) is 27.0. The molecule has 0 radical (unpaired) electrons. The minimum absolute atomic E-state index is 0.0124. The molecule has 0 saturated carbocycles. The van der Waals surface area contributed by atoms with E-state index in [1.165, 1.54) is 0 Å². The lowest BCUT2D eigenvalue weighted by Crippen LogP contribution is -2.44. The van der Waals surface area contributed by atoms with Crippen molar-refractivity contribution < 1.29 is 22.8 Å². The Bertz CT molecular complexity index is 879. The summed E-state index contributed by atoms with van der Waals surface area (Å²) in [6, 6.07) is 12.2. The largest absolute Gasteiger partial charge is 0.401 e. The summed E-state index contributed by atoms with van der Waals surface area (Å²) < 4.78 is 39.2. The molecule has 0 unspecified atom stereocenters. The first-order valence-electron chi connectivity index (χ1n) is 8.46. The van der Waals surface area contributed by atoms with Gasteiger partial charge in [-0.05, 0) is 36.6 Å². The van der Waals surface area contributed by atoms with Crippen LogP contribution in [-0.4, -0.2) is 36.0 Å². The molecule has 0 fully saturated rings. The maximum absolute atomic E-state index is 13.1. The van der Waals surface area contributed by atoms with E-state index in [2.05, 4.69) is 0 Å². The molecular weight excluding hydrogens is 357 g/mol. The summed E-state index contributed by atoms with van der Waals surface area (Å²) in [5.74, 6) is -1.46. The molecule has 3 rings (SSSR count). The van der Waals surface area contributed by atoms with Crippen LogP contribution in [0.25, 0.3) is 0 Å². The second kappa shape index (κ2) is 7.15. The quantitative estimate of drug-likeness (QED) is 0.744. The van der Waals surface area contributed by atoms with Crippen LogP contribution in [-0.2, 0) is 11.3 Å². The Morgan fingerprint density at radius 2 is 1.70 bits per heavy atom. The number of anilines is 1. The summed E-state index contributed by atoms with van der Waals surface area (Å²) in [6.45, 7) is 2.06. The lowest BCUT2D eigenvalue weighted by molar-refractivity contribution is -0.147. The normalized spacial score (nSPS) is 14.2. The number of benzene rings is 2. The second-order valence-electron chi connectivity index (χ2n) is 6.77. The Kier molecular flexibility index (Phi) is 5.06. The number of nitrogens with zero attached hydrogens (tertiary/aromatic N) is 2. The number of carbonyl (C=O) groups excluding carboxylic acids is 2. The number of carbonyl (C=O) groups is 2. The fourth-order valence-corrected chi connectivity index (χ4v) is 3.38. The highest BCUT2D eigenvalue weighted by molar-refractivity contribution is 6.52. The van der Waals surface area contributed by atoms with E-state index in [1.807, 2.05) is 6.92 Å². The number of halogens is 3. The first kappa shape index (κ1) is 19.1. The van der Waals surface area contributed by atoms with Crippen molar-refractivity contribution in [3.63, 3.8) is 0 Å². The fourth-order valence-electron chi connectivity index (χ4n) is 3.38. The van der Waals surface area contributed by atoms with E-state index < -0.39 is 24.4 Å². The van der Waals surface area contributed by atoms with Gasteiger partial charge in [-0.2, -0.15) is 13.2 Å². The van der Waals surface area contributed by atoms with Crippen LogP contribution in [0.3, 0.4) is 0 Å². The number of alkyl halides is 3. The Labute approximate surface area is 155 Å². The minimum atomic E-state index is -4.42. The molecule has 0 bridgehead atoms. The van der Waals surface area contributed by atoms with Crippen molar-refractivity contribution in [2.24, 2.45) is 0 Å². The third-order valence-corrected chi connectivity index (χ3v) is 4.41. The van der Waals surface area contributed by atoms with Gasteiger partial charge in [-0.25, -0.2) is 0 Å². The monoisotopic (exact) mass is 376 g/mol. The zero-order valence-electron chi connectivity index (χ0n) is 15.0. The van der Waals surface area contributed by atoms with Gasteiger partial charge in [0.1, 0.15) is 0 Å². The van der Waals surface area contributed by atoms with Crippen molar-refractivity contribution in [2.75, 3.05) is 18.1 Å². The molecule has 27 heavy (non-hydrogen) atoms.